The lowest BCUT2D eigenvalue weighted by Gasteiger charge is -2.19. The van der Waals surface area contributed by atoms with Gasteiger partial charge < -0.3 is 15.2 Å². The largest absolute Gasteiger partial charge is 0.479 e. The average molecular weight is 288 g/mol. The Morgan fingerprint density at radius 3 is 2.45 bits per heavy atom. The molecule has 1 rings (SSSR count). The van der Waals surface area contributed by atoms with Crippen molar-refractivity contribution < 1.29 is 23.0 Å². The standard InChI is InChI=1S/C13H15F3N2O2/c1-9(18-8-12(19)13(14,15)16)10-2-4-11(5-3-10)20-7-6-17/h2-5,9,12,18-19H,7-8H2,1H3. The third-order valence-electron chi connectivity index (χ3n) is 2.68. The van der Waals surface area contributed by atoms with E-state index in [-0.39, 0.29) is 12.6 Å². The summed E-state index contributed by atoms with van der Waals surface area (Å²) >= 11 is 0. The smallest absolute Gasteiger partial charge is 0.415 e. The Kier molecular flexibility index (Phi) is 5.80. The van der Waals surface area contributed by atoms with E-state index in [2.05, 4.69) is 5.32 Å². The lowest BCUT2D eigenvalue weighted by Crippen LogP contribution is -2.39. The minimum atomic E-state index is -4.62. The van der Waals surface area contributed by atoms with E-state index in [0.717, 1.165) is 5.56 Å². The highest BCUT2D eigenvalue weighted by molar-refractivity contribution is 5.29. The van der Waals surface area contributed by atoms with Crippen LogP contribution in [0.25, 0.3) is 0 Å². The van der Waals surface area contributed by atoms with E-state index in [1.165, 1.54) is 0 Å². The zero-order chi connectivity index (χ0) is 15.2. The highest BCUT2D eigenvalue weighted by Gasteiger charge is 2.37. The maximum absolute atomic E-state index is 12.1. The Morgan fingerprint density at radius 2 is 1.95 bits per heavy atom. The van der Waals surface area contributed by atoms with Gasteiger partial charge in [0, 0.05) is 12.6 Å². The molecule has 1 aromatic rings. The first-order valence-electron chi connectivity index (χ1n) is 5.92. The predicted molar refractivity (Wildman–Crippen MR) is 66.0 cm³/mol. The van der Waals surface area contributed by atoms with E-state index in [1.54, 1.807) is 31.2 Å². The van der Waals surface area contributed by atoms with Gasteiger partial charge >= 0.3 is 6.18 Å². The summed E-state index contributed by atoms with van der Waals surface area (Å²) in [6.45, 7) is 1.05. The second kappa shape index (κ2) is 7.12. The molecule has 20 heavy (non-hydrogen) atoms. The monoisotopic (exact) mass is 288 g/mol. The molecule has 0 bridgehead atoms. The molecular weight excluding hydrogens is 273 g/mol. The molecule has 0 aromatic heterocycles. The fourth-order valence-electron chi connectivity index (χ4n) is 1.49. The second-order valence-electron chi connectivity index (χ2n) is 4.20. The summed E-state index contributed by atoms with van der Waals surface area (Å²) in [5.41, 5.74) is 0.753. The second-order valence-corrected chi connectivity index (χ2v) is 4.20. The molecule has 0 radical (unpaired) electrons. The van der Waals surface area contributed by atoms with Gasteiger partial charge in [0.05, 0.1) is 0 Å². The third kappa shape index (κ3) is 5.07. The van der Waals surface area contributed by atoms with Crippen LogP contribution >= 0.6 is 0 Å². The van der Waals surface area contributed by atoms with Gasteiger partial charge in [-0.15, -0.1) is 0 Å². The molecule has 0 aliphatic carbocycles. The van der Waals surface area contributed by atoms with E-state index in [1.807, 2.05) is 6.07 Å². The molecule has 110 valence electrons. The van der Waals surface area contributed by atoms with Gasteiger partial charge in [0.2, 0.25) is 0 Å². The van der Waals surface area contributed by atoms with Crippen molar-refractivity contribution >= 4 is 0 Å². The molecule has 2 N–H and O–H groups in total. The number of halogens is 3. The maximum atomic E-state index is 12.1. The summed E-state index contributed by atoms with van der Waals surface area (Å²) < 4.78 is 41.5. The van der Waals surface area contributed by atoms with Crippen LogP contribution in [0.2, 0.25) is 0 Å². The van der Waals surface area contributed by atoms with Crippen molar-refractivity contribution in [2.75, 3.05) is 13.2 Å². The van der Waals surface area contributed by atoms with Crippen LogP contribution in [0.3, 0.4) is 0 Å². The number of benzene rings is 1. The number of hydrogen-bond donors (Lipinski definition) is 2. The van der Waals surface area contributed by atoms with Crippen LogP contribution in [0.5, 0.6) is 5.75 Å². The minimum absolute atomic E-state index is 0.0646. The Balaban J connectivity index is 2.51. The molecule has 0 aliphatic rings. The fraction of sp³-hybridized carbons (Fsp3) is 0.462. The number of alkyl halides is 3. The van der Waals surface area contributed by atoms with Gasteiger partial charge in [-0.3, -0.25) is 0 Å². The van der Waals surface area contributed by atoms with Gasteiger partial charge in [0.25, 0.3) is 0 Å². The number of aliphatic hydroxyl groups excluding tert-OH is 1. The SMILES string of the molecule is CC(NCC(O)C(F)(F)F)c1ccc(OCC#N)cc1. The number of nitrogens with zero attached hydrogens (tertiary/aromatic N) is 1. The molecule has 0 fully saturated rings. The molecule has 2 atom stereocenters. The van der Waals surface area contributed by atoms with Crippen LogP contribution in [0, 0.1) is 11.3 Å². The van der Waals surface area contributed by atoms with Gasteiger partial charge in [-0.25, -0.2) is 0 Å². The number of ether oxygens (including phenoxy) is 1. The van der Waals surface area contributed by atoms with Gasteiger partial charge in [0.15, 0.2) is 12.7 Å². The van der Waals surface area contributed by atoms with Crippen molar-refractivity contribution in [3.63, 3.8) is 0 Å². The van der Waals surface area contributed by atoms with Crippen molar-refractivity contribution in [2.45, 2.75) is 25.2 Å². The highest BCUT2D eigenvalue weighted by atomic mass is 19.4. The maximum Gasteiger partial charge on any atom is 0.415 e. The lowest BCUT2D eigenvalue weighted by atomic mass is 10.1. The first kappa shape index (κ1) is 16.3. The van der Waals surface area contributed by atoms with Crippen LogP contribution in [-0.4, -0.2) is 30.5 Å². The number of rotatable bonds is 6. The zero-order valence-corrected chi connectivity index (χ0v) is 10.8. The molecule has 0 spiro atoms. The normalized spacial score (nSPS) is 14.4. The topological polar surface area (TPSA) is 65.3 Å². The number of nitrogens with one attached hydrogen (secondary N) is 1. The molecule has 2 unspecified atom stereocenters. The first-order chi connectivity index (χ1) is 9.34. The van der Waals surface area contributed by atoms with Crippen LogP contribution < -0.4 is 10.1 Å². The third-order valence-corrected chi connectivity index (χ3v) is 2.68. The average Bonchev–Trinajstić information content (AvgIpc) is 2.41. The predicted octanol–water partition coefficient (Wildman–Crippen LogP) is 2.16. The van der Waals surface area contributed by atoms with Crippen molar-refractivity contribution in [2.24, 2.45) is 0 Å². The highest BCUT2D eigenvalue weighted by Crippen LogP contribution is 2.21. The summed E-state index contributed by atoms with van der Waals surface area (Å²) in [5, 5.41) is 19.8. The van der Waals surface area contributed by atoms with Crippen molar-refractivity contribution in [1.29, 1.82) is 5.26 Å². The number of nitriles is 1. The molecule has 0 saturated carbocycles. The summed E-state index contributed by atoms with van der Waals surface area (Å²) in [6, 6.07) is 8.11. The van der Waals surface area contributed by atoms with Crippen molar-refractivity contribution in [3.05, 3.63) is 29.8 Å². The van der Waals surface area contributed by atoms with Crippen LogP contribution in [0.4, 0.5) is 13.2 Å². The Hall–Kier alpha value is -1.78. The molecular formula is C13H15F3N2O2. The molecule has 0 saturated heterocycles. The summed E-state index contributed by atoms with van der Waals surface area (Å²) in [5.74, 6) is 0.512. The van der Waals surface area contributed by atoms with Crippen LogP contribution in [0.15, 0.2) is 24.3 Å². The molecule has 1 aromatic carbocycles. The zero-order valence-electron chi connectivity index (χ0n) is 10.8. The summed E-state index contributed by atoms with van der Waals surface area (Å²) in [7, 11) is 0. The molecule has 7 heteroatoms. The fourth-order valence-corrected chi connectivity index (χ4v) is 1.49. The van der Waals surface area contributed by atoms with Crippen LogP contribution in [-0.2, 0) is 0 Å². The number of aliphatic hydroxyl groups is 1. The number of hydrogen-bond acceptors (Lipinski definition) is 4. The molecule has 0 amide bonds. The van der Waals surface area contributed by atoms with E-state index in [4.69, 9.17) is 15.1 Å². The van der Waals surface area contributed by atoms with Gasteiger partial charge in [-0.2, -0.15) is 18.4 Å². The van der Waals surface area contributed by atoms with Gasteiger partial charge in [-0.1, -0.05) is 12.1 Å². The van der Waals surface area contributed by atoms with E-state index in [9.17, 15) is 13.2 Å². The summed E-state index contributed by atoms with van der Waals surface area (Å²) in [4.78, 5) is 0. The van der Waals surface area contributed by atoms with E-state index in [0.29, 0.717) is 5.75 Å². The van der Waals surface area contributed by atoms with Gasteiger partial charge in [-0.05, 0) is 24.6 Å². The van der Waals surface area contributed by atoms with E-state index < -0.39 is 18.8 Å². The molecule has 0 heterocycles. The molecule has 4 nitrogen and oxygen atoms in total. The first-order valence-corrected chi connectivity index (χ1v) is 5.92. The minimum Gasteiger partial charge on any atom is -0.479 e. The Labute approximate surface area is 114 Å². The van der Waals surface area contributed by atoms with Crippen LogP contribution in [0.1, 0.15) is 18.5 Å². The Morgan fingerprint density at radius 1 is 1.35 bits per heavy atom. The lowest BCUT2D eigenvalue weighted by molar-refractivity contribution is -0.202. The van der Waals surface area contributed by atoms with E-state index >= 15 is 0 Å². The van der Waals surface area contributed by atoms with Gasteiger partial charge in [0.1, 0.15) is 11.8 Å². The quantitative estimate of drug-likeness (QED) is 0.842. The molecule has 0 aliphatic heterocycles. The summed E-state index contributed by atoms with van der Waals surface area (Å²) in [6.07, 6.45) is -7.01. The van der Waals surface area contributed by atoms with Crippen molar-refractivity contribution in [3.8, 4) is 11.8 Å². The van der Waals surface area contributed by atoms with Crippen molar-refractivity contribution in [1.82, 2.24) is 5.32 Å². The Bertz CT molecular complexity index is 454.